The molecule has 1 amide bonds. The number of carbonyl (C=O) groups is 1. The molecule has 4 nitrogen and oxygen atoms in total. The van der Waals surface area contributed by atoms with Gasteiger partial charge in [0.1, 0.15) is 5.75 Å². The zero-order valence-electron chi connectivity index (χ0n) is 15.7. The number of fused-ring (bicyclic) bond motifs is 2. The van der Waals surface area contributed by atoms with Crippen molar-refractivity contribution >= 4 is 5.91 Å². The summed E-state index contributed by atoms with van der Waals surface area (Å²) in [5, 5.41) is 0. The summed E-state index contributed by atoms with van der Waals surface area (Å²) in [5.41, 5.74) is -0.776. The van der Waals surface area contributed by atoms with Gasteiger partial charge in [0.15, 0.2) is 6.61 Å². The van der Waals surface area contributed by atoms with Gasteiger partial charge in [-0.05, 0) is 48.8 Å². The summed E-state index contributed by atoms with van der Waals surface area (Å²) in [6, 6.07) is 4.63. The Morgan fingerprint density at radius 1 is 1.11 bits per heavy atom. The maximum atomic E-state index is 12.7. The minimum atomic E-state index is -4.42. The highest BCUT2D eigenvalue weighted by Gasteiger charge is 2.37. The Morgan fingerprint density at radius 2 is 1.89 bits per heavy atom. The van der Waals surface area contributed by atoms with Gasteiger partial charge in [-0.1, -0.05) is 18.2 Å². The number of piperazine rings is 1. The minimum Gasteiger partial charge on any atom is -0.484 e. The third-order valence-electron chi connectivity index (χ3n) is 6.16. The fourth-order valence-electron chi connectivity index (χ4n) is 4.61. The molecule has 152 valence electrons. The number of hydrogen-bond donors (Lipinski definition) is 0. The molecule has 3 unspecified atom stereocenters. The second-order valence-electron chi connectivity index (χ2n) is 8.04. The van der Waals surface area contributed by atoms with Crippen LogP contribution in [0.4, 0.5) is 13.2 Å². The Bertz CT molecular complexity index is 741. The Balaban J connectivity index is 1.22. The van der Waals surface area contributed by atoms with Crippen LogP contribution < -0.4 is 4.74 Å². The van der Waals surface area contributed by atoms with Crippen LogP contribution in [-0.4, -0.2) is 55.0 Å². The average molecular weight is 394 g/mol. The molecule has 3 aliphatic rings. The molecule has 1 aromatic rings. The van der Waals surface area contributed by atoms with Crippen molar-refractivity contribution in [3.05, 3.63) is 42.0 Å². The summed E-state index contributed by atoms with van der Waals surface area (Å²) in [6.07, 6.45) is 2.88. The summed E-state index contributed by atoms with van der Waals surface area (Å²) in [6.45, 7) is 3.81. The number of benzene rings is 1. The molecule has 1 saturated heterocycles. The second kappa shape index (κ2) is 7.78. The number of hydrogen-bond acceptors (Lipinski definition) is 3. The third kappa shape index (κ3) is 4.35. The molecule has 4 rings (SSSR count). The van der Waals surface area contributed by atoms with Gasteiger partial charge in [-0.25, -0.2) is 0 Å². The van der Waals surface area contributed by atoms with E-state index in [1.165, 1.54) is 25.0 Å². The van der Waals surface area contributed by atoms with E-state index in [4.69, 9.17) is 4.74 Å². The first kappa shape index (κ1) is 19.3. The van der Waals surface area contributed by atoms with Crippen LogP contribution in [0.2, 0.25) is 0 Å². The van der Waals surface area contributed by atoms with E-state index in [2.05, 4.69) is 17.1 Å². The smallest absolute Gasteiger partial charge is 0.416 e. The summed E-state index contributed by atoms with van der Waals surface area (Å²) in [5.74, 6) is 2.11. The van der Waals surface area contributed by atoms with Crippen molar-refractivity contribution < 1.29 is 22.7 Å². The first-order valence-corrected chi connectivity index (χ1v) is 9.87. The van der Waals surface area contributed by atoms with Gasteiger partial charge in [-0.3, -0.25) is 9.69 Å². The Morgan fingerprint density at radius 3 is 2.54 bits per heavy atom. The number of amides is 1. The number of halogens is 3. The summed E-state index contributed by atoms with van der Waals surface area (Å²) >= 11 is 0. The van der Waals surface area contributed by atoms with Crippen LogP contribution in [0.5, 0.6) is 5.75 Å². The zero-order valence-corrected chi connectivity index (χ0v) is 15.7. The lowest BCUT2D eigenvalue weighted by molar-refractivity contribution is -0.137. The van der Waals surface area contributed by atoms with Crippen LogP contribution in [0.3, 0.4) is 0 Å². The van der Waals surface area contributed by atoms with E-state index in [0.29, 0.717) is 13.1 Å². The number of allylic oxidation sites excluding steroid dienone is 2. The van der Waals surface area contributed by atoms with Crippen LogP contribution >= 0.6 is 0 Å². The highest BCUT2D eigenvalue weighted by Crippen LogP contribution is 2.43. The molecule has 2 fully saturated rings. The predicted molar refractivity (Wildman–Crippen MR) is 98.8 cm³/mol. The molecular formula is C21H25F3N2O2. The topological polar surface area (TPSA) is 32.8 Å². The van der Waals surface area contributed by atoms with Crippen LogP contribution in [0.25, 0.3) is 0 Å². The van der Waals surface area contributed by atoms with E-state index >= 15 is 0 Å². The third-order valence-corrected chi connectivity index (χ3v) is 6.16. The first-order chi connectivity index (χ1) is 13.4. The molecule has 1 aromatic carbocycles. The highest BCUT2D eigenvalue weighted by molar-refractivity contribution is 5.77. The van der Waals surface area contributed by atoms with Crippen LogP contribution in [0, 0.1) is 17.8 Å². The average Bonchev–Trinajstić information content (AvgIpc) is 3.29. The van der Waals surface area contributed by atoms with Crippen molar-refractivity contribution in [2.24, 2.45) is 17.8 Å². The van der Waals surface area contributed by atoms with Gasteiger partial charge in [0.05, 0.1) is 5.56 Å². The molecule has 0 spiro atoms. The molecule has 2 bridgehead atoms. The van der Waals surface area contributed by atoms with E-state index in [0.717, 1.165) is 49.5 Å². The zero-order chi connectivity index (χ0) is 19.7. The van der Waals surface area contributed by atoms with E-state index in [1.807, 2.05) is 0 Å². The molecule has 0 N–H and O–H groups in total. The van der Waals surface area contributed by atoms with E-state index in [-0.39, 0.29) is 18.3 Å². The summed E-state index contributed by atoms with van der Waals surface area (Å²) < 4.78 is 43.6. The van der Waals surface area contributed by atoms with Gasteiger partial charge in [0.25, 0.3) is 5.91 Å². The van der Waals surface area contributed by atoms with Gasteiger partial charge in [0, 0.05) is 32.7 Å². The van der Waals surface area contributed by atoms with Crippen molar-refractivity contribution in [3.8, 4) is 5.75 Å². The van der Waals surface area contributed by atoms with E-state index < -0.39 is 11.7 Å². The van der Waals surface area contributed by atoms with Crippen LogP contribution in [-0.2, 0) is 11.0 Å². The second-order valence-corrected chi connectivity index (χ2v) is 8.04. The molecule has 0 aromatic heterocycles. The fraction of sp³-hybridized carbons (Fsp3) is 0.571. The van der Waals surface area contributed by atoms with Gasteiger partial charge < -0.3 is 9.64 Å². The summed E-state index contributed by atoms with van der Waals surface area (Å²) in [4.78, 5) is 16.5. The SMILES string of the molecule is O=C(COc1cccc(C(F)(F)F)c1)N1CCN(CC2CC3C=CC2C3)CC1. The van der Waals surface area contributed by atoms with Crippen molar-refractivity contribution in [3.63, 3.8) is 0 Å². The van der Waals surface area contributed by atoms with Crippen molar-refractivity contribution in [1.29, 1.82) is 0 Å². The predicted octanol–water partition coefficient (Wildman–Crippen LogP) is 3.44. The molecular weight excluding hydrogens is 369 g/mol. The van der Waals surface area contributed by atoms with Crippen molar-refractivity contribution in [2.45, 2.75) is 19.0 Å². The maximum absolute atomic E-state index is 12.7. The number of alkyl halides is 3. The standard InChI is InChI=1S/C21H25F3N2O2/c22-21(23,24)18-2-1-3-19(12-18)28-14-20(27)26-8-6-25(7-9-26)13-17-11-15-4-5-16(17)10-15/h1-5,12,15-17H,6-11,13-14H2. The monoisotopic (exact) mass is 394 g/mol. The van der Waals surface area contributed by atoms with Crippen molar-refractivity contribution in [2.75, 3.05) is 39.3 Å². The Kier molecular flexibility index (Phi) is 5.36. The molecule has 1 saturated carbocycles. The van der Waals surface area contributed by atoms with Gasteiger partial charge >= 0.3 is 6.18 Å². The van der Waals surface area contributed by atoms with Crippen LogP contribution in [0.15, 0.2) is 36.4 Å². The maximum Gasteiger partial charge on any atom is 0.416 e. The molecule has 28 heavy (non-hydrogen) atoms. The number of nitrogens with zero attached hydrogens (tertiary/aromatic N) is 2. The summed E-state index contributed by atoms with van der Waals surface area (Å²) in [7, 11) is 0. The lowest BCUT2D eigenvalue weighted by Crippen LogP contribution is -2.51. The molecule has 0 radical (unpaired) electrons. The number of rotatable bonds is 5. The molecule has 7 heteroatoms. The Labute approximate surface area is 162 Å². The molecule has 1 aliphatic heterocycles. The van der Waals surface area contributed by atoms with Gasteiger partial charge in [0.2, 0.25) is 0 Å². The highest BCUT2D eigenvalue weighted by atomic mass is 19.4. The van der Waals surface area contributed by atoms with Gasteiger partial charge in [-0.2, -0.15) is 13.2 Å². The largest absolute Gasteiger partial charge is 0.484 e. The fourth-order valence-corrected chi connectivity index (χ4v) is 4.61. The van der Waals surface area contributed by atoms with E-state index in [9.17, 15) is 18.0 Å². The number of carbonyl (C=O) groups excluding carboxylic acids is 1. The van der Waals surface area contributed by atoms with E-state index in [1.54, 1.807) is 4.90 Å². The van der Waals surface area contributed by atoms with Crippen LogP contribution in [0.1, 0.15) is 18.4 Å². The number of ether oxygens (including phenoxy) is 1. The molecule has 3 atom stereocenters. The Hall–Kier alpha value is -2.02. The first-order valence-electron chi connectivity index (χ1n) is 9.87. The van der Waals surface area contributed by atoms with Crippen molar-refractivity contribution in [1.82, 2.24) is 9.80 Å². The quantitative estimate of drug-likeness (QED) is 0.718. The lowest BCUT2D eigenvalue weighted by Gasteiger charge is -2.36. The lowest BCUT2D eigenvalue weighted by atomic mass is 9.93. The minimum absolute atomic E-state index is 0.0613. The van der Waals surface area contributed by atoms with Gasteiger partial charge in [-0.15, -0.1) is 0 Å². The normalized spacial score (nSPS) is 27.4. The molecule has 2 aliphatic carbocycles. The molecule has 1 heterocycles.